The van der Waals surface area contributed by atoms with E-state index in [9.17, 15) is 22.8 Å². The Labute approximate surface area is 280 Å². The third-order valence-electron chi connectivity index (χ3n) is 9.77. The number of benzene rings is 2. The molecule has 252 valence electrons. The monoisotopic (exact) mass is 684 g/mol. The van der Waals surface area contributed by atoms with E-state index in [1.807, 2.05) is 11.9 Å². The molecule has 12 nitrogen and oxygen atoms in total. The molecule has 6 rings (SSSR count). The highest BCUT2D eigenvalue weighted by molar-refractivity contribution is 7.89. The Kier molecular flexibility index (Phi) is 9.62. The van der Waals surface area contributed by atoms with Crippen molar-refractivity contribution in [3.63, 3.8) is 0 Å². The number of carbonyl (C=O) groups excluding carboxylic acids is 3. The van der Waals surface area contributed by atoms with Crippen LogP contribution in [0.1, 0.15) is 53.9 Å². The summed E-state index contributed by atoms with van der Waals surface area (Å²) in [6.07, 6.45) is 3.53. The minimum atomic E-state index is -3.98. The van der Waals surface area contributed by atoms with E-state index in [2.05, 4.69) is 14.8 Å². The zero-order valence-corrected chi connectivity index (χ0v) is 28.5. The van der Waals surface area contributed by atoms with E-state index in [-0.39, 0.29) is 41.2 Å². The van der Waals surface area contributed by atoms with Crippen molar-refractivity contribution in [3.05, 3.63) is 58.4 Å². The number of fused-ring (bicyclic) bond motifs is 1. The van der Waals surface area contributed by atoms with Crippen molar-refractivity contribution in [2.45, 2.75) is 69.0 Å². The Morgan fingerprint density at radius 2 is 1.79 bits per heavy atom. The smallest absolute Gasteiger partial charge is 0.259 e. The lowest BCUT2D eigenvalue weighted by Gasteiger charge is -2.35. The number of sulfonamides is 1. The van der Waals surface area contributed by atoms with Crippen molar-refractivity contribution >= 4 is 50.1 Å². The molecule has 3 saturated heterocycles. The van der Waals surface area contributed by atoms with Crippen LogP contribution < -0.4 is 4.72 Å². The summed E-state index contributed by atoms with van der Waals surface area (Å²) >= 11 is 6.06. The molecule has 3 fully saturated rings. The van der Waals surface area contributed by atoms with Gasteiger partial charge in [0, 0.05) is 56.9 Å². The van der Waals surface area contributed by atoms with Crippen molar-refractivity contribution in [3.8, 4) is 0 Å². The molecule has 4 heterocycles. The standard InChI is InChI=1S/C33H41ClN6O6S/c1-21-31(22(2)46-35-21)33(43)37(3)26-12-15-38(18-26)19-27-6-4-14-40(27)30(41)20-39-13-5-7-29(32(39)42)36-47(44,45)28-11-9-23-16-25(34)10-8-24(23)17-28/h8-11,16-17,26-27,29,36H,4-7,12-15,18-20H2,1-3H3/t26?,27-,29-/m0/s1. The van der Waals surface area contributed by atoms with Crippen LogP contribution >= 0.6 is 11.6 Å². The van der Waals surface area contributed by atoms with Crippen LogP contribution in [0.25, 0.3) is 10.8 Å². The fourth-order valence-electron chi connectivity index (χ4n) is 7.15. The SMILES string of the molecule is Cc1noc(C)c1C(=O)N(C)C1CCN(C[C@@H]2CCCN2C(=O)CN2CCC[C@H](NS(=O)(=O)c3ccc4cc(Cl)ccc4c3)C2=O)C1. The summed E-state index contributed by atoms with van der Waals surface area (Å²) in [4.78, 5) is 47.6. The Balaban J connectivity index is 1.04. The molecule has 3 amide bonds. The number of amides is 3. The van der Waals surface area contributed by atoms with Crippen molar-refractivity contribution < 1.29 is 27.3 Å². The highest BCUT2D eigenvalue weighted by Gasteiger charge is 2.38. The first-order valence-corrected chi connectivity index (χ1v) is 18.0. The van der Waals surface area contributed by atoms with E-state index in [0.29, 0.717) is 61.1 Å². The molecule has 47 heavy (non-hydrogen) atoms. The molecule has 14 heteroatoms. The average molecular weight is 685 g/mol. The number of nitrogens with one attached hydrogen (secondary N) is 1. The second-order valence-electron chi connectivity index (χ2n) is 12.9. The van der Waals surface area contributed by atoms with Gasteiger partial charge in [0.1, 0.15) is 17.4 Å². The van der Waals surface area contributed by atoms with Crippen molar-refractivity contribution in [2.75, 3.05) is 46.3 Å². The maximum absolute atomic E-state index is 13.6. The molecule has 3 atom stereocenters. The van der Waals surface area contributed by atoms with E-state index < -0.39 is 16.1 Å². The first kappa shape index (κ1) is 33.4. The number of aromatic nitrogens is 1. The lowest BCUT2D eigenvalue weighted by atomic mass is 10.1. The molecule has 1 aromatic heterocycles. The molecule has 2 aromatic carbocycles. The average Bonchev–Trinajstić information content (AvgIpc) is 3.78. The summed E-state index contributed by atoms with van der Waals surface area (Å²) in [6.45, 7) is 6.68. The zero-order chi connectivity index (χ0) is 33.5. The Bertz CT molecular complexity index is 1780. The predicted octanol–water partition coefficient (Wildman–Crippen LogP) is 3.20. The molecule has 0 radical (unpaired) electrons. The summed E-state index contributed by atoms with van der Waals surface area (Å²) in [6, 6.07) is 9.09. The van der Waals surface area contributed by atoms with E-state index in [1.165, 1.54) is 11.0 Å². The number of likely N-dealkylation sites (N-methyl/N-ethyl adjacent to an activating group) is 1. The molecule has 0 aliphatic carbocycles. The van der Waals surface area contributed by atoms with Gasteiger partial charge in [0.05, 0.1) is 17.1 Å². The largest absolute Gasteiger partial charge is 0.361 e. The fourth-order valence-corrected chi connectivity index (χ4v) is 8.59. The van der Waals surface area contributed by atoms with Gasteiger partial charge in [-0.05, 0) is 81.0 Å². The summed E-state index contributed by atoms with van der Waals surface area (Å²) < 4.78 is 34.3. The third kappa shape index (κ3) is 7.03. The fraction of sp³-hybridized carbons (Fsp3) is 0.515. The number of aryl methyl sites for hydroxylation is 2. The van der Waals surface area contributed by atoms with E-state index >= 15 is 0 Å². The van der Waals surface area contributed by atoms with Gasteiger partial charge in [-0.15, -0.1) is 0 Å². The second kappa shape index (κ2) is 13.5. The molecule has 3 aliphatic rings. The Morgan fingerprint density at radius 1 is 1.04 bits per heavy atom. The van der Waals surface area contributed by atoms with Crippen molar-refractivity contribution in [1.82, 2.24) is 29.5 Å². The maximum atomic E-state index is 13.6. The second-order valence-corrected chi connectivity index (χ2v) is 15.1. The number of nitrogens with zero attached hydrogens (tertiary/aromatic N) is 5. The van der Waals surface area contributed by atoms with Crippen LogP contribution in [-0.2, 0) is 19.6 Å². The molecule has 0 bridgehead atoms. The lowest BCUT2D eigenvalue weighted by molar-refractivity contribution is -0.143. The van der Waals surface area contributed by atoms with Gasteiger partial charge in [-0.3, -0.25) is 19.3 Å². The Morgan fingerprint density at radius 3 is 2.55 bits per heavy atom. The van der Waals surface area contributed by atoms with Gasteiger partial charge in [0.25, 0.3) is 5.91 Å². The first-order valence-electron chi connectivity index (χ1n) is 16.1. The van der Waals surface area contributed by atoms with Gasteiger partial charge in [-0.2, -0.15) is 4.72 Å². The number of hydrogen-bond donors (Lipinski definition) is 1. The molecule has 0 saturated carbocycles. The van der Waals surface area contributed by atoms with Crippen LogP contribution in [0.3, 0.4) is 0 Å². The number of carbonyl (C=O) groups is 3. The molecule has 1 unspecified atom stereocenters. The molecular formula is C33H41ClN6O6S. The molecule has 3 aromatic rings. The summed E-state index contributed by atoms with van der Waals surface area (Å²) in [5, 5.41) is 6.01. The van der Waals surface area contributed by atoms with Crippen LogP contribution in [-0.4, -0.2) is 115 Å². The molecule has 3 aliphatic heterocycles. The summed E-state index contributed by atoms with van der Waals surface area (Å²) in [5.74, 6) is -0.0923. The van der Waals surface area contributed by atoms with E-state index in [1.54, 1.807) is 49.1 Å². The van der Waals surface area contributed by atoms with Crippen molar-refractivity contribution in [1.29, 1.82) is 0 Å². The topological polar surface area (TPSA) is 136 Å². The number of rotatable bonds is 9. The minimum absolute atomic E-state index is 0.0156. The van der Waals surface area contributed by atoms with E-state index in [0.717, 1.165) is 36.6 Å². The Hall–Kier alpha value is -3.52. The van der Waals surface area contributed by atoms with Crippen LogP contribution in [0.2, 0.25) is 5.02 Å². The van der Waals surface area contributed by atoms with Crippen LogP contribution in [0.15, 0.2) is 45.8 Å². The number of halogens is 1. The molecular weight excluding hydrogens is 644 g/mol. The third-order valence-corrected chi connectivity index (χ3v) is 11.5. The predicted molar refractivity (Wildman–Crippen MR) is 177 cm³/mol. The number of hydrogen-bond acceptors (Lipinski definition) is 8. The van der Waals surface area contributed by atoms with Crippen molar-refractivity contribution in [2.24, 2.45) is 0 Å². The normalized spacial score (nSPS) is 22.4. The summed E-state index contributed by atoms with van der Waals surface area (Å²) in [5.41, 5.74) is 1.10. The van der Waals surface area contributed by atoms with Crippen LogP contribution in [0.5, 0.6) is 0 Å². The minimum Gasteiger partial charge on any atom is -0.361 e. The van der Waals surface area contributed by atoms with Crippen LogP contribution in [0.4, 0.5) is 0 Å². The van der Waals surface area contributed by atoms with Crippen LogP contribution in [0, 0.1) is 13.8 Å². The summed E-state index contributed by atoms with van der Waals surface area (Å²) in [7, 11) is -2.17. The van der Waals surface area contributed by atoms with Gasteiger partial charge in [-0.1, -0.05) is 28.9 Å². The van der Waals surface area contributed by atoms with Gasteiger partial charge in [0.15, 0.2) is 0 Å². The highest BCUT2D eigenvalue weighted by Crippen LogP contribution is 2.26. The van der Waals surface area contributed by atoms with Gasteiger partial charge in [-0.25, -0.2) is 8.42 Å². The zero-order valence-electron chi connectivity index (χ0n) is 26.9. The number of likely N-dealkylation sites (tertiary alicyclic amines) is 3. The van der Waals surface area contributed by atoms with E-state index in [4.69, 9.17) is 16.1 Å². The van der Waals surface area contributed by atoms with Gasteiger partial charge >= 0.3 is 0 Å². The van der Waals surface area contributed by atoms with Gasteiger partial charge in [0.2, 0.25) is 21.8 Å². The highest BCUT2D eigenvalue weighted by atomic mass is 35.5. The maximum Gasteiger partial charge on any atom is 0.259 e. The quantitative estimate of drug-likeness (QED) is 0.363. The van der Waals surface area contributed by atoms with Gasteiger partial charge < -0.3 is 19.2 Å². The lowest BCUT2D eigenvalue weighted by Crippen LogP contribution is -2.55. The molecule has 0 spiro atoms. The number of piperidine rings is 1. The molecule has 1 N–H and O–H groups in total. The first-order chi connectivity index (χ1) is 22.4.